The molecular formula is C7H9NNa2O3S. The number of thioether (sulfide) groups is 1. The smallest absolute Gasteiger partial charge is 1.00 e. The second-order valence-corrected chi connectivity index (χ2v) is 3.86. The molecule has 1 unspecified atom stereocenters. The van der Waals surface area contributed by atoms with Crippen molar-refractivity contribution in [3.05, 3.63) is 11.8 Å². The van der Waals surface area contributed by atoms with Gasteiger partial charge in [0.05, 0.1) is 11.8 Å². The zero-order valence-electron chi connectivity index (χ0n) is 10.2. The number of carbonyl (C=O) groups is 2. The van der Waals surface area contributed by atoms with Gasteiger partial charge in [-0.05, 0) is 6.08 Å². The van der Waals surface area contributed by atoms with Crippen LogP contribution in [0.2, 0.25) is 0 Å². The van der Waals surface area contributed by atoms with Gasteiger partial charge >= 0.3 is 65.1 Å². The summed E-state index contributed by atoms with van der Waals surface area (Å²) < 4.78 is 0. The average Bonchev–Trinajstić information content (AvgIpc) is 2.01. The van der Waals surface area contributed by atoms with E-state index in [1.165, 1.54) is 4.90 Å². The van der Waals surface area contributed by atoms with Crippen LogP contribution in [0.3, 0.4) is 0 Å². The Morgan fingerprint density at radius 1 is 1.64 bits per heavy atom. The Balaban J connectivity index is -0.000000422. The first-order valence-electron chi connectivity index (χ1n) is 3.57. The van der Waals surface area contributed by atoms with E-state index in [1.807, 2.05) is 0 Å². The number of aliphatic carboxylic acids is 1. The summed E-state index contributed by atoms with van der Waals surface area (Å²) in [6, 6.07) is 0. The van der Waals surface area contributed by atoms with E-state index in [0.717, 1.165) is 0 Å². The van der Waals surface area contributed by atoms with Crippen molar-refractivity contribution in [3.63, 3.8) is 0 Å². The van der Waals surface area contributed by atoms with Crippen LogP contribution in [0.15, 0.2) is 11.8 Å². The molecule has 2 heterocycles. The fourth-order valence-corrected chi connectivity index (χ4v) is 2.45. The van der Waals surface area contributed by atoms with Crippen LogP contribution < -0.4 is 59.1 Å². The van der Waals surface area contributed by atoms with Gasteiger partial charge in [-0.1, -0.05) is 0 Å². The molecular weight excluding hydrogens is 224 g/mol. The van der Waals surface area contributed by atoms with Gasteiger partial charge in [0.25, 0.3) is 0 Å². The predicted octanol–water partition coefficient (Wildman–Crippen LogP) is -5.51. The van der Waals surface area contributed by atoms with Crippen LogP contribution in [0.4, 0.5) is 0 Å². The molecule has 0 aromatic heterocycles. The fourth-order valence-electron chi connectivity index (χ4n) is 1.34. The number of rotatable bonds is 1. The third-order valence-electron chi connectivity index (χ3n) is 1.95. The molecule has 14 heavy (non-hydrogen) atoms. The molecule has 68 valence electrons. The Bertz CT molecular complexity index is 303. The minimum absolute atomic E-state index is 0. The summed E-state index contributed by atoms with van der Waals surface area (Å²) in [4.78, 5) is 23.0. The normalized spacial score (nSPS) is 23.4. The van der Waals surface area contributed by atoms with Gasteiger partial charge in [-0.15, -0.1) is 11.8 Å². The molecule has 0 radical (unpaired) electrons. The number of amides is 1. The second kappa shape index (κ2) is 5.94. The maximum atomic E-state index is 11.0. The Morgan fingerprint density at radius 2 is 2.29 bits per heavy atom. The molecule has 7 heteroatoms. The van der Waals surface area contributed by atoms with Gasteiger partial charge in [0.15, 0.2) is 0 Å². The van der Waals surface area contributed by atoms with Gasteiger partial charge in [0.2, 0.25) is 5.91 Å². The molecule has 1 amide bonds. The monoisotopic (exact) mass is 233 g/mol. The standard InChI is InChI=1S/C7H7NO3S.2Na.2H/c9-5-3-6-8(5)4(7(10)11)1-2-12-6;;;;/h1,6H,2-3H2,(H,10,11);;;;/q;2*+1;2*-1. The van der Waals surface area contributed by atoms with E-state index in [9.17, 15) is 9.59 Å². The van der Waals surface area contributed by atoms with Crippen molar-refractivity contribution in [1.82, 2.24) is 4.90 Å². The SMILES string of the molecule is O=C(O)C1=CCSC2CC(=O)N12.[H-].[H-].[Na+].[Na+]. The maximum absolute atomic E-state index is 11.0. The van der Waals surface area contributed by atoms with Crippen molar-refractivity contribution in [2.75, 3.05) is 5.75 Å². The summed E-state index contributed by atoms with van der Waals surface area (Å²) in [5.41, 5.74) is 0.148. The molecule has 1 atom stereocenters. The first-order valence-corrected chi connectivity index (χ1v) is 4.62. The number of fused-ring (bicyclic) bond motifs is 1. The summed E-state index contributed by atoms with van der Waals surface area (Å²) in [5, 5.41) is 8.78. The molecule has 2 aliphatic heterocycles. The first kappa shape index (κ1) is 15.0. The minimum atomic E-state index is -1.01. The number of carbonyl (C=O) groups excluding carboxylic acids is 1. The van der Waals surface area contributed by atoms with Crippen molar-refractivity contribution in [1.29, 1.82) is 0 Å². The topological polar surface area (TPSA) is 57.6 Å². The predicted molar refractivity (Wildman–Crippen MR) is 45.7 cm³/mol. The number of hydrogen-bond acceptors (Lipinski definition) is 3. The first-order chi connectivity index (χ1) is 5.70. The minimum Gasteiger partial charge on any atom is -1.00 e. The molecule has 1 N–H and O–H groups in total. The largest absolute Gasteiger partial charge is 1.00 e. The van der Waals surface area contributed by atoms with Crippen LogP contribution in [0.1, 0.15) is 9.27 Å². The molecule has 1 fully saturated rings. The zero-order valence-corrected chi connectivity index (χ0v) is 13.0. The summed E-state index contributed by atoms with van der Waals surface area (Å²) in [6.45, 7) is 0. The van der Waals surface area contributed by atoms with Gasteiger partial charge in [-0.25, -0.2) is 4.79 Å². The fraction of sp³-hybridized carbons (Fsp3) is 0.429. The third kappa shape index (κ3) is 2.58. The van der Waals surface area contributed by atoms with Crippen LogP contribution in [-0.2, 0) is 9.59 Å². The molecule has 0 aliphatic carbocycles. The number of carboxylic acid groups (broad SMARTS) is 1. The van der Waals surface area contributed by atoms with E-state index in [-0.39, 0.29) is 78.9 Å². The molecule has 2 aliphatic rings. The molecule has 2 rings (SSSR count). The summed E-state index contributed by atoms with van der Waals surface area (Å²) in [7, 11) is 0. The number of carboxylic acids is 1. The Morgan fingerprint density at radius 3 is 2.71 bits per heavy atom. The maximum Gasteiger partial charge on any atom is 1.00 e. The molecule has 0 saturated carbocycles. The second-order valence-electron chi connectivity index (χ2n) is 2.65. The van der Waals surface area contributed by atoms with E-state index in [2.05, 4.69) is 0 Å². The van der Waals surface area contributed by atoms with Gasteiger partial charge in [-0.3, -0.25) is 9.69 Å². The number of nitrogens with zero attached hydrogens (tertiary/aromatic N) is 1. The Kier molecular flexibility index (Phi) is 6.37. The molecule has 0 spiro atoms. The van der Waals surface area contributed by atoms with E-state index in [4.69, 9.17) is 5.11 Å². The Labute approximate surface area is 133 Å². The molecule has 0 aromatic rings. The zero-order chi connectivity index (χ0) is 8.72. The van der Waals surface area contributed by atoms with Crippen LogP contribution in [0, 0.1) is 0 Å². The Hall–Kier alpha value is 1.03. The van der Waals surface area contributed by atoms with Crippen LogP contribution in [-0.4, -0.2) is 33.0 Å². The van der Waals surface area contributed by atoms with Gasteiger partial charge in [0.1, 0.15) is 5.70 Å². The van der Waals surface area contributed by atoms with Crippen molar-refractivity contribution in [3.8, 4) is 0 Å². The average molecular weight is 233 g/mol. The van der Waals surface area contributed by atoms with E-state index in [1.54, 1.807) is 17.8 Å². The van der Waals surface area contributed by atoms with E-state index in [0.29, 0.717) is 12.2 Å². The van der Waals surface area contributed by atoms with Crippen molar-refractivity contribution < 1.29 is 76.7 Å². The van der Waals surface area contributed by atoms with Crippen molar-refractivity contribution in [2.45, 2.75) is 11.8 Å². The number of hydrogen-bond donors (Lipinski definition) is 1. The number of β-lactam (4-membered cyclic amide) rings is 1. The van der Waals surface area contributed by atoms with Crippen molar-refractivity contribution in [2.24, 2.45) is 0 Å². The van der Waals surface area contributed by atoms with Gasteiger partial charge in [-0.2, -0.15) is 0 Å². The quantitative estimate of drug-likeness (QED) is 0.362. The molecule has 1 saturated heterocycles. The van der Waals surface area contributed by atoms with E-state index >= 15 is 0 Å². The van der Waals surface area contributed by atoms with Crippen LogP contribution in [0.5, 0.6) is 0 Å². The summed E-state index contributed by atoms with van der Waals surface area (Å²) >= 11 is 1.60. The molecule has 0 bridgehead atoms. The summed E-state index contributed by atoms with van der Waals surface area (Å²) in [6.07, 6.45) is 2.07. The van der Waals surface area contributed by atoms with Crippen LogP contribution in [0.25, 0.3) is 0 Å². The third-order valence-corrected chi connectivity index (χ3v) is 3.07. The molecule has 0 aromatic carbocycles. The van der Waals surface area contributed by atoms with Crippen molar-refractivity contribution >= 4 is 23.6 Å². The summed E-state index contributed by atoms with van der Waals surface area (Å²) in [5.74, 6) is -0.398. The van der Waals surface area contributed by atoms with E-state index < -0.39 is 5.97 Å². The molecule has 4 nitrogen and oxygen atoms in total. The van der Waals surface area contributed by atoms with Gasteiger partial charge < -0.3 is 7.96 Å². The van der Waals surface area contributed by atoms with Gasteiger partial charge in [0, 0.05) is 5.75 Å². The van der Waals surface area contributed by atoms with Crippen LogP contribution >= 0.6 is 11.8 Å².